The second-order valence-corrected chi connectivity index (χ2v) is 6.80. The zero-order valence-electron chi connectivity index (χ0n) is 11.5. The van der Waals surface area contributed by atoms with Crippen LogP contribution >= 0.6 is 50.7 Å². The van der Waals surface area contributed by atoms with E-state index in [4.69, 9.17) is 34.8 Å². The molecule has 0 saturated heterocycles. The van der Waals surface area contributed by atoms with Gasteiger partial charge in [-0.15, -0.1) is 0 Å². The Morgan fingerprint density at radius 2 is 1.81 bits per heavy atom. The third-order valence-corrected chi connectivity index (χ3v) is 4.82. The molecule has 0 saturated carbocycles. The van der Waals surface area contributed by atoms with Crippen LogP contribution in [0.15, 0.2) is 40.9 Å². The van der Waals surface area contributed by atoms with Crippen molar-refractivity contribution in [1.29, 1.82) is 0 Å². The average molecular weight is 408 g/mol. The summed E-state index contributed by atoms with van der Waals surface area (Å²) < 4.78 is 0.947. The van der Waals surface area contributed by atoms with Crippen molar-refractivity contribution in [3.63, 3.8) is 0 Å². The number of hydrogen-bond donors (Lipinski definition) is 1. The van der Waals surface area contributed by atoms with E-state index in [9.17, 15) is 0 Å². The Morgan fingerprint density at radius 1 is 1.05 bits per heavy atom. The first kappa shape index (κ1) is 17.1. The van der Waals surface area contributed by atoms with E-state index in [0.29, 0.717) is 15.1 Å². The Kier molecular flexibility index (Phi) is 6.39. The minimum Gasteiger partial charge on any atom is -0.306 e. The number of nitrogens with one attached hydrogen (secondary N) is 1. The zero-order chi connectivity index (χ0) is 15.4. The van der Waals surface area contributed by atoms with Gasteiger partial charge >= 0.3 is 0 Å². The fourth-order valence-electron chi connectivity index (χ4n) is 2.16. The van der Waals surface area contributed by atoms with Crippen LogP contribution in [0.1, 0.15) is 30.5 Å². The molecule has 2 aromatic carbocycles. The lowest BCUT2D eigenvalue weighted by Crippen LogP contribution is -2.23. The lowest BCUT2D eigenvalue weighted by atomic mass is 9.98. The molecule has 2 aromatic rings. The predicted octanol–water partition coefficient (Wildman–Crippen LogP) is 6.50. The maximum Gasteiger partial charge on any atom is 0.0643 e. The van der Waals surface area contributed by atoms with Crippen molar-refractivity contribution in [1.82, 2.24) is 5.32 Å². The molecule has 0 amide bonds. The second kappa shape index (κ2) is 7.85. The lowest BCUT2D eigenvalue weighted by Gasteiger charge is -2.22. The van der Waals surface area contributed by atoms with E-state index in [-0.39, 0.29) is 6.04 Å². The summed E-state index contributed by atoms with van der Waals surface area (Å²) in [5.41, 5.74) is 1.92. The highest BCUT2D eigenvalue weighted by atomic mass is 79.9. The fourth-order valence-corrected chi connectivity index (χ4v) is 3.35. The molecular formula is C16H15BrCl3N. The number of halogens is 4. The highest BCUT2D eigenvalue weighted by Gasteiger charge is 2.20. The largest absolute Gasteiger partial charge is 0.306 e. The molecule has 0 fully saturated rings. The SMILES string of the molecule is CCCNC(c1ccc(Br)cc1Cl)c1cccc(Cl)c1Cl. The standard InChI is InChI=1S/C16H15BrCl3N/c1-2-8-21-16(11-7-6-10(17)9-14(11)19)12-4-3-5-13(18)15(12)20/h3-7,9,16,21H,2,8H2,1H3. The van der Waals surface area contributed by atoms with Gasteiger partial charge in [0.1, 0.15) is 0 Å². The van der Waals surface area contributed by atoms with Gasteiger partial charge in [0.25, 0.3) is 0 Å². The van der Waals surface area contributed by atoms with Gasteiger partial charge in [-0.05, 0) is 42.3 Å². The first-order chi connectivity index (χ1) is 10.0. The van der Waals surface area contributed by atoms with Gasteiger partial charge in [0, 0.05) is 9.50 Å². The molecular weight excluding hydrogens is 392 g/mol. The molecule has 21 heavy (non-hydrogen) atoms. The van der Waals surface area contributed by atoms with Gasteiger partial charge in [-0.25, -0.2) is 0 Å². The smallest absolute Gasteiger partial charge is 0.0643 e. The summed E-state index contributed by atoms with van der Waals surface area (Å²) in [5, 5.41) is 5.29. The molecule has 0 aliphatic carbocycles. The Balaban J connectivity index is 2.49. The first-order valence-electron chi connectivity index (χ1n) is 6.66. The van der Waals surface area contributed by atoms with Crippen molar-refractivity contribution < 1.29 is 0 Å². The number of hydrogen-bond acceptors (Lipinski definition) is 1. The summed E-state index contributed by atoms with van der Waals surface area (Å²) in [6.45, 7) is 2.98. The van der Waals surface area contributed by atoms with Crippen molar-refractivity contribution >= 4 is 50.7 Å². The fraction of sp³-hybridized carbons (Fsp3) is 0.250. The second-order valence-electron chi connectivity index (χ2n) is 4.70. The summed E-state index contributed by atoms with van der Waals surface area (Å²) in [6, 6.07) is 11.4. The van der Waals surface area contributed by atoms with Gasteiger partial charge in [-0.3, -0.25) is 0 Å². The van der Waals surface area contributed by atoms with Gasteiger partial charge in [0.2, 0.25) is 0 Å². The van der Waals surface area contributed by atoms with Crippen LogP contribution in [0.4, 0.5) is 0 Å². The van der Waals surface area contributed by atoms with Crippen LogP contribution in [0.5, 0.6) is 0 Å². The zero-order valence-corrected chi connectivity index (χ0v) is 15.3. The van der Waals surface area contributed by atoms with Gasteiger partial charge in [-0.1, -0.05) is 75.9 Å². The quantitative estimate of drug-likeness (QED) is 0.597. The van der Waals surface area contributed by atoms with E-state index in [1.54, 1.807) is 6.07 Å². The van der Waals surface area contributed by atoms with Crippen molar-refractivity contribution in [2.45, 2.75) is 19.4 Å². The van der Waals surface area contributed by atoms with Crippen LogP contribution in [0, 0.1) is 0 Å². The molecule has 1 nitrogen and oxygen atoms in total. The molecule has 2 rings (SSSR count). The van der Waals surface area contributed by atoms with Crippen LogP contribution in [-0.4, -0.2) is 6.54 Å². The number of benzene rings is 2. The molecule has 1 N–H and O–H groups in total. The summed E-state index contributed by atoms with van der Waals surface area (Å²) in [7, 11) is 0. The molecule has 0 radical (unpaired) electrons. The lowest BCUT2D eigenvalue weighted by molar-refractivity contribution is 0.599. The minimum atomic E-state index is -0.0863. The van der Waals surface area contributed by atoms with Crippen LogP contribution in [0.25, 0.3) is 0 Å². The van der Waals surface area contributed by atoms with Crippen LogP contribution in [0.3, 0.4) is 0 Å². The molecule has 0 bridgehead atoms. The molecule has 1 unspecified atom stereocenters. The number of rotatable bonds is 5. The van der Waals surface area contributed by atoms with E-state index in [0.717, 1.165) is 28.6 Å². The van der Waals surface area contributed by atoms with E-state index in [1.807, 2.05) is 30.3 Å². The van der Waals surface area contributed by atoms with Gasteiger partial charge < -0.3 is 5.32 Å². The molecule has 1 atom stereocenters. The minimum absolute atomic E-state index is 0.0863. The van der Waals surface area contributed by atoms with E-state index in [1.165, 1.54) is 0 Å². The molecule has 0 aliphatic rings. The predicted molar refractivity (Wildman–Crippen MR) is 95.8 cm³/mol. The Labute approximate surface area is 148 Å². The van der Waals surface area contributed by atoms with Gasteiger partial charge in [0.15, 0.2) is 0 Å². The van der Waals surface area contributed by atoms with Crippen molar-refractivity contribution in [3.05, 3.63) is 67.1 Å². The average Bonchev–Trinajstić information content (AvgIpc) is 2.45. The maximum atomic E-state index is 6.40. The van der Waals surface area contributed by atoms with Crippen molar-refractivity contribution in [2.24, 2.45) is 0 Å². The van der Waals surface area contributed by atoms with Crippen molar-refractivity contribution in [3.8, 4) is 0 Å². The topological polar surface area (TPSA) is 12.0 Å². The molecule has 0 heterocycles. The molecule has 112 valence electrons. The van der Waals surface area contributed by atoms with Gasteiger partial charge in [0.05, 0.1) is 16.1 Å². The monoisotopic (exact) mass is 405 g/mol. The highest BCUT2D eigenvalue weighted by Crippen LogP contribution is 2.36. The van der Waals surface area contributed by atoms with Crippen LogP contribution in [-0.2, 0) is 0 Å². The third-order valence-electron chi connectivity index (χ3n) is 3.16. The molecule has 0 spiro atoms. The molecule has 0 aromatic heterocycles. The van der Waals surface area contributed by atoms with E-state index < -0.39 is 0 Å². The maximum absolute atomic E-state index is 6.40. The summed E-state index contributed by atoms with van der Waals surface area (Å²) in [6.07, 6.45) is 1.02. The first-order valence-corrected chi connectivity index (χ1v) is 8.59. The highest BCUT2D eigenvalue weighted by molar-refractivity contribution is 9.10. The third kappa shape index (κ3) is 4.14. The van der Waals surface area contributed by atoms with Crippen LogP contribution < -0.4 is 5.32 Å². The van der Waals surface area contributed by atoms with Gasteiger partial charge in [-0.2, -0.15) is 0 Å². The Morgan fingerprint density at radius 3 is 2.48 bits per heavy atom. The Bertz CT molecular complexity index is 631. The van der Waals surface area contributed by atoms with Crippen molar-refractivity contribution in [2.75, 3.05) is 6.54 Å². The summed E-state index contributed by atoms with van der Waals surface area (Å²) in [4.78, 5) is 0. The van der Waals surface area contributed by atoms with E-state index in [2.05, 4.69) is 28.2 Å². The summed E-state index contributed by atoms with van der Waals surface area (Å²) >= 11 is 22.3. The normalized spacial score (nSPS) is 12.4. The van der Waals surface area contributed by atoms with Crippen LogP contribution in [0.2, 0.25) is 15.1 Å². The summed E-state index contributed by atoms with van der Waals surface area (Å²) in [5.74, 6) is 0. The van der Waals surface area contributed by atoms with E-state index >= 15 is 0 Å². The molecule has 0 aliphatic heterocycles. The molecule has 5 heteroatoms. The Hall–Kier alpha value is -0.250.